The Morgan fingerprint density at radius 1 is 0.475 bits per heavy atom. The van der Waals surface area contributed by atoms with Crippen LogP contribution >= 0.6 is 0 Å². The molecule has 0 aliphatic heterocycles. The van der Waals surface area contributed by atoms with Crippen LogP contribution in [0.1, 0.15) is 17.0 Å². The van der Waals surface area contributed by atoms with E-state index in [1.807, 2.05) is 104 Å². The van der Waals surface area contributed by atoms with E-state index in [0.29, 0.717) is 0 Å². The van der Waals surface area contributed by atoms with E-state index in [4.69, 9.17) is 15.0 Å². The van der Waals surface area contributed by atoms with E-state index in [9.17, 15) is 0 Å². The van der Waals surface area contributed by atoms with Crippen LogP contribution in [-0.4, -0.2) is 60.9 Å². The van der Waals surface area contributed by atoms with Crippen molar-refractivity contribution < 1.29 is 4.57 Å². The molecule has 0 radical (unpaired) electrons. The number of aromatic nitrogens is 1. The maximum absolute atomic E-state index is 4.75. The minimum Gasteiger partial charge on any atom is -0.378 e. The molecule has 40 heavy (non-hydrogen) atoms. The van der Waals surface area contributed by atoms with Crippen LogP contribution in [0.15, 0.2) is 99.9 Å². The van der Waals surface area contributed by atoms with E-state index in [0.717, 1.165) is 51.1 Å². The molecule has 0 atom stereocenters. The van der Waals surface area contributed by atoms with Crippen LogP contribution in [0.2, 0.25) is 0 Å². The number of pyridine rings is 1. The smallest absolute Gasteiger partial charge is 0.224 e. The van der Waals surface area contributed by atoms with Crippen LogP contribution < -0.4 is 19.3 Å². The molecule has 7 heteroatoms. The van der Waals surface area contributed by atoms with Crippen molar-refractivity contribution in [2.24, 2.45) is 22.0 Å². The van der Waals surface area contributed by atoms with Crippen molar-refractivity contribution in [3.8, 4) is 0 Å². The van der Waals surface area contributed by atoms with Gasteiger partial charge >= 0.3 is 0 Å². The molecule has 0 aliphatic rings. The van der Waals surface area contributed by atoms with E-state index in [2.05, 4.69) is 67.8 Å². The van der Waals surface area contributed by atoms with Gasteiger partial charge in [-0.3, -0.25) is 4.99 Å². The Hall–Kier alpha value is -4.78. The molecule has 0 saturated carbocycles. The van der Waals surface area contributed by atoms with Crippen molar-refractivity contribution in [1.82, 2.24) is 0 Å². The molecule has 0 saturated heterocycles. The van der Waals surface area contributed by atoms with Crippen LogP contribution in [0.3, 0.4) is 0 Å². The highest BCUT2D eigenvalue weighted by atomic mass is 15.1. The summed E-state index contributed by atoms with van der Waals surface area (Å²) in [5, 5.41) is 0. The highest BCUT2D eigenvalue weighted by Crippen LogP contribution is 2.20. The molecular formula is C33H38N7+. The van der Waals surface area contributed by atoms with Gasteiger partial charge in [-0.1, -0.05) is 0 Å². The van der Waals surface area contributed by atoms with E-state index in [1.165, 1.54) is 0 Å². The summed E-state index contributed by atoms with van der Waals surface area (Å²) in [7, 11) is 14.2. The van der Waals surface area contributed by atoms with Crippen LogP contribution in [0, 0.1) is 0 Å². The Kier molecular flexibility index (Phi) is 9.07. The summed E-state index contributed by atoms with van der Waals surface area (Å²) in [6, 6.07) is 28.7. The molecule has 4 aromatic rings. The Morgan fingerprint density at radius 2 is 0.775 bits per heavy atom. The Labute approximate surface area is 238 Å². The fourth-order valence-corrected chi connectivity index (χ4v) is 3.99. The maximum Gasteiger partial charge on any atom is 0.224 e. The summed E-state index contributed by atoms with van der Waals surface area (Å²) in [6.07, 6.45) is 5.66. The number of hydrogen-bond donors (Lipinski definition) is 0. The fourth-order valence-electron chi connectivity index (χ4n) is 3.99. The van der Waals surface area contributed by atoms with E-state index in [-0.39, 0.29) is 0 Å². The molecule has 3 aromatic carbocycles. The first-order valence-electron chi connectivity index (χ1n) is 13.2. The Balaban J connectivity index is 1.67. The predicted octanol–water partition coefficient (Wildman–Crippen LogP) is 5.96. The van der Waals surface area contributed by atoms with Gasteiger partial charge in [0.2, 0.25) is 11.4 Å². The number of nitrogens with zero attached hydrogens (tertiary/aromatic N) is 7. The molecule has 204 valence electrons. The molecule has 1 aromatic heterocycles. The van der Waals surface area contributed by atoms with E-state index < -0.39 is 0 Å². The second-order valence-corrected chi connectivity index (χ2v) is 10.2. The Morgan fingerprint density at radius 3 is 1.07 bits per heavy atom. The summed E-state index contributed by atoms with van der Waals surface area (Å²) >= 11 is 0. The molecule has 0 unspecified atom stereocenters. The third-order valence-corrected chi connectivity index (χ3v) is 6.56. The highest BCUT2D eigenvalue weighted by molar-refractivity contribution is 5.89. The number of benzene rings is 3. The lowest BCUT2D eigenvalue weighted by molar-refractivity contribution is -0.673. The molecule has 1 heterocycles. The van der Waals surface area contributed by atoms with Gasteiger partial charge in [0.05, 0.1) is 29.5 Å². The first kappa shape index (κ1) is 28.2. The zero-order valence-corrected chi connectivity index (χ0v) is 24.4. The van der Waals surface area contributed by atoms with Crippen molar-refractivity contribution in [2.45, 2.75) is 0 Å². The van der Waals surface area contributed by atoms with Crippen LogP contribution in [0.4, 0.5) is 34.1 Å². The number of anilines is 3. The van der Waals surface area contributed by atoms with Crippen molar-refractivity contribution in [3.63, 3.8) is 0 Å². The van der Waals surface area contributed by atoms with Crippen LogP contribution in [0.25, 0.3) is 0 Å². The largest absolute Gasteiger partial charge is 0.378 e. The summed E-state index contributed by atoms with van der Waals surface area (Å²) in [5.74, 6) is 0. The summed E-state index contributed by atoms with van der Waals surface area (Å²) in [6.45, 7) is 0. The first-order valence-corrected chi connectivity index (χ1v) is 13.2. The van der Waals surface area contributed by atoms with Crippen LogP contribution in [-0.2, 0) is 7.05 Å². The van der Waals surface area contributed by atoms with Crippen molar-refractivity contribution in [2.75, 3.05) is 57.0 Å². The molecule has 4 rings (SSSR count). The minimum atomic E-state index is 0.891. The highest BCUT2D eigenvalue weighted by Gasteiger charge is 2.12. The fraction of sp³-hybridized carbons (Fsp3) is 0.212. The van der Waals surface area contributed by atoms with E-state index >= 15 is 0 Å². The SMILES string of the molecule is CN(C)c1ccc(N=Cc2cc(C=Nc3ccc(N(C)C)cc3)[n+](C)c(C=Nc3ccc(N(C)C)cc3)c2)cc1. The van der Waals surface area contributed by atoms with Crippen molar-refractivity contribution in [1.29, 1.82) is 0 Å². The molecular weight excluding hydrogens is 494 g/mol. The van der Waals surface area contributed by atoms with Gasteiger partial charge in [0.1, 0.15) is 7.05 Å². The number of hydrogen-bond acceptors (Lipinski definition) is 6. The van der Waals surface area contributed by atoms with Gasteiger partial charge < -0.3 is 14.7 Å². The third-order valence-electron chi connectivity index (χ3n) is 6.56. The second kappa shape index (κ2) is 12.8. The van der Waals surface area contributed by atoms with Gasteiger partial charge in [-0.05, 0) is 72.8 Å². The average Bonchev–Trinajstić information content (AvgIpc) is 2.95. The molecule has 0 bridgehead atoms. The van der Waals surface area contributed by atoms with Crippen molar-refractivity contribution in [3.05, 3.63) is 102 Å². The topological polar surface area (TPSA) is 50.7 Å². The zero-order chi connectivity index (χ0) is 28.6. The molecule has 0 amide bonds. The average molecular weight is 533 g/mol. The molecule has 0 N–H and O–H groups in total. The normalized spacial score (nSPS) is 11.6. The van der Waals surface area contributed by atoms with Gasteiger partial charge in [-0.15, -0.1) is 0 Å². The molecule has 0 spiro atoms. The van der Waals surface area contributed by atoms with Gasteiger partial charge in [0.15, 0.2) is 0 Å². The molecule has 0 fully saturated rings. The Bertz CT molecular complexity index is 1410. The monoisotopic (exact) mass is 532 g/mol. The van der Waals surface area contributed by atoms with Gasteiger partial charge in [0, 0.05) is 83.3 Å². The third kappa shape index (κ3) is 7.41. The first-order chi connectivity index (χ1) is 19.2. The summed E-state index contributed by atoms with van der Waals surface area (Å²) < 4.78 is 2.08. The number of aliphatic imine (C=N–C) groups is 3. The van der Waals surface area contributed by atoms with Gasteiger partial charge in [-0.25, -0.2) is 9.98 Å². The van der Waals surface area contributed by atoms with Crippen molar-refractivity contribution >= 4 is 52.8 Å². The lowest BCUT2D eigenvalue weighted by Crippen LogP contribution is -2.38. The molecule has 0 aliphatic carbocycles. The zero-order valence-electron chi connectivity index (χ0n) is 24.4. The molecule has 7 nitrogen and oxygen atoms in total. The standard InChI is InChI=1S/C33H38N7/c1-37(2)29-14-8-26(9-15-29)34-22-25-20-32(23-35-27-10-16-30(17-11-27)38(3)4)40(7)33(21-25)24-36-28-12-18-31(19-13-28)39(5)6/h8-24H,1-7H3/q+1. The van der Waals surface area contributed by atoms with Gasteiger partial charge in [-0.2, -0.15) is 4.57 Å². The lowest BCUT2D eigenvalue weighted by Gasteiger charge is -2.11. The maximum atomic E-state index is 4.75. The van der Waals surface area contributed by atoms with E-state index in [1.54, 1.807) is 0 Å². The quantitative estimate of drug-likeness (QED) is 0.197. The summed E-state index contributed by atoms with van der Waals surface area (Å²) in [4.78, 5) is 20.4. The lowest BCUT2D eigenvalue weighted by atomic mass is 10.2. The van der Waals surface area contributed by atoms with Gasteiger partial charge in [0.25, 0.3) is 0 Å². The summed E-state index contributed by atoms with van der Waals surface area (Å²) in [5.41, 5.74) is 8.93. The predicted molar refractivity (Wildman–Crippen MR) is 172 cm³/mol. The number of rotatable bonds is 9. The minimum absolute atomic E-state index is 0.891. The second-order valence-electron chi connectivity index (χ2n) is 10.2. The van der Waals surface area contributed by atoms with Crippen LogP contribution in [0.5, 0.6) is 0 Å².